The zero-order valence-electron chi connectivity index (χ0n) is 14.8. The van der Waals surface area contributed by atoms with E-state index in [1.165, 1.54) is 6.42 Å². The average Bonchev–Trinajstić information content (AvgIpc) is 2.87. The van der Waals surface area contributed by atoms with E-state index in [4.69, 9.17) is 0 Å². The first-order valence-electron chi connectivity index (χ1n) is 8.83. The van der Waals surface area contributed by atoms with Gasteiger partial charge in [-0.1, -0.05) is 6.42 Å². The Morgan fingerprint density at radius 1 is 1.33 bits per heavy atom. The van der Waals surface area contributed by atoms with E-state index in [-0.39, 0.29) is 0 Å². The fourth-order valence-corrected chi connectivity index (χ4v) is 2.69. The van der Waals surface area contributed by atoms with Gasteiger partial charge in [0.15, 0.2) is 11.8 Å². The topological polar surface area (TPSA) is 87.4 Å². The summed E-state index contributed by atoms with van der Waals surface area (Å²) >= 11 is 0. The third-order valence-electron chi connectivity index (χ3n) is 4.10. The van der Waals surface area contributed by atoms with Gasteiger partial charge in [0.1, 0.15) is 12.9 Å². The molecule has 2 rings (SSSR count). The van der Waals surface area contributed by atoms with Crippen molar-refractivity contribution in [3.63, 3.8) is 0 Å². The monoisotopic (exact) mass is 335 g/mol. The summed E-state index contributed by atoms with van der Waals surface area (Å²) in [6.45, 7) is 5.82. The van der Waals surface area contributed by atoms with E-state index >= 15 is 0 Å². The predicted octanol–water partition coefficient (Wildman–Crippen LogP) is 0.663. The van der Waals surface area contributed by atoms with Crippen molar-refractivity contribution in [2.45, 2.75) is 45.6 Å². The Kier molecular flexibility index (Phi) is 7.51. The van der Waals surface area contributed by atoms with Crippen molar-refractivity contribution in [3.05, 3.63) is 12.2 Å². The maximum atomic E-state index is 12.0. The van der Waals surface area contributed by atoms with Gasteiger partial charge in [0.2, 0.25) is 5.91 Å². The Labute approximate surface area is 143 Å². The van der Waals surface area contributed by atoms with Crippen molar-refractivity contribution < 1.29 is 4.79 Å². The lowest BCUT2D eigenvalue weighted by atomic mass is 10.2. The van der Waals surface area contributed by atoms with Gasteiger partial charge in [-0.25, -0.2) is 4.99 Å². The van der Waals surface area contributed by atoms with Crippen molar-refractivity contribution >= 4 is 11.9 Å². The third kappa shape index (κ3) is 5.82. The maximum absolute atomic E-state index is 12.0. The first-order chi connectivity index (χ1) is 11.7. The van der Waals surface area contributed by atoms with Crippen LogP contribution in [0.25, 0.3) is 0 Å². The summed E-state index contributed by atoms with van der Waals surface area (Å²) in [6, 6.07) is 0. The van der Waals surface area contributed by atoms with E-state index in [2.05, 4.69) is 25.8 Å². The summed E-state index contributed by atoms with van der Waals surface area (Å²) in [4.78, 5) is 18.5. The lowest BCUT2D eigenvalue weighted by molar-refractivity contribution is -0.130. The van der Waals surface area contributed by atoms with Gasteiger partial charge in [-0.3, -0.25) is 4.79 Å². The van der Waals surface area contributed by atoms with Gasteiger partial charge in [-0.05, 0) is 26.2 Å². The molecule has 1 aliphatic heterocycles. The molecule has 134 valence electrons. The second-order valence-corrected chi connectivity index (χ2v) is 6.03. The quantitative estimate of drug-likeness (QED) is 0.434. The molecule has 2 N–H and O–H groups in total. The molecule has 1 aromatic rings. The number of rotatable bonds is 7. The molecular formula is C16H29N7O. The number of likely N-dealkylation sites (tertiary alicyclic amines) is 1. The van der Waals surface area contributed by atoms with Crippen LogP contribution in [-0.4, -0.2) is 57.7 Å². The molecule has 0 radical (unpaired) electrons. The van der Waals surface area contributed by atoms with Gasteiger partial charge in [0.05, 0.1) is 0 Å². The molecule has 1 saturated heterocycles. The molecule has 8 heteroatoms. The number of aromatic nitrogens is 3. The molecular weight excluding hydrogens is 306 g/mol. The van der Waals surface area contributed by atoms with Crippen LogP contribution in [0.3, 0.4) is 0 Å². The van der Waals surface area contributed by atoms with E-state index in [1.54, 1.807) is 6.33 Å². The molecule has 2 heterocycles. The van der Waals surface area contributed by atoms with Crippen molar-refractivity contribution in [3.8, 4) is 0 Å². The lowest BCUT2D eigenvalue weighted by Gasteiger charge is -2.20. The number of carbonyl (C=O) groups is 1. The van der Waals surface area contributed by atoms with Crippen LogP contribution in [0.1, 0.15) is 44.9 Å². The van der Waals surface area contributed by atoms with Crippen LogP contribution in [0.5, 0.6) is 0 Å². The minimum absolute atomic E-state index is 0.301. The van der Waals surface area contributed by atoms with Crippen molar-refractivity contribution in [2.75, 3.05) is 26.2 Å². The number of nitrogens with zero attached hydrogens (tertiary/aromatic N) is 5. The van der Waals surface area contributed by atoms with Gasteiger partial charge in [0.25, 0.3) is 0 Å². The summed E-state index contributed by atoms with van der Waals surface area (Å²) in [6.07, 6.45) is 6.62. The predicted molar refractivity (Wildman–Crippen MR) is 93.5 cm³/mol. The Balaban J connectivity index is 1.74. The summed E-state index contributed by atoms with van der Waals surface area (Å²) in [7, 11) is 1.91. The number of hydrogen-bond acceptors (Lipinski definition) is 4. The Morgan fingerprint density at radius 3 is 2.96 bits per heavy atom. The first kappa shape index (κ1) is 18.2. The van der Waals surface area contributed by atoms with Crippen molar-refractivity contribution in [1.29, 1.82) is 0 Å². The van der Waals surface area contributed by atoms with E-state index in [0.29, 0.717) is 18.9 Å². The van der Waals surface area contributed by atoms with Crippen LogP contribution < -0.4 is 10.6 Å². The molecule has 0 atom stereocenters. The Bertz CT molecular complexity index is 540. The van der Waals surface area contributed by atoms with Crippen LogP contribution in [0.4, 0.5) is 0 Å². The van der Waals surface area contributed by atoms with E-state index < -0.39 is 0 Å². The fourth-order valence-electron chi connectivity index (χ4n) is 2.69. The number of aryl methyl sites for hydroxylation is 1. The molecule has 1 fully saturated rings. The van der Waals surface area contributed by atoms with Crippen LogP contribution in [0.2, 0.25) is 0 Å². The zero-order chi connectivity index (χ0) is 17.2. The Morgan fingerprint density at radius 2 is 2.21 bits per heavy atom. The van der Waals surface area contributed by atoms with Gasteiger partial charge in [0, 0.05) is 39.6 Å². The highest BCUT2D eigenvalue weighted by atomic mass is 16.2. The summed E-state index contributed by atoms with van der Waals surface area (Å²) in [5.74, 6) is 1.89. The van der Waals surface area contributed by atoms with E-state index in [9.17, 15) is 4.79 Å². The zero-order valence-corrected chi connectivity index (χ0v) is 14.8. The van der Waals surface area contributed by atoms with Gasteiger partial charge >= 0.3 is 0 Å². The molecule has 24 heavy (non-hydrogen) atoms. The average molecular weight is 335 g/mol. The second-order valence-electron chi connectivity index (χ2n) is 6.03. The largest absolute Gasteiger partial charge is 0.357 e. The molecule has 0 aromatic carbocycles. The standard InChI is InChI=1S/C16H29N7O/c1-3-17-16(19-12-14-21-20-13-22(14)2)18-9-7-11-23-10-6-4-5-8-15(23)24/h13H,3-12H2,1-2H3,(H2,17,18,19). The number of guanidine groups is 1. The van der Waals surface area contributed by atoms with E-state index in [0.717, 1.165) is 57.2 Å². The first-order valence-corrected chi connectivity index (χ1v) is 8.83. The number of aliphatic imine (C=N–C) groups is 1. The molecule has 0 saturated carbocycles. The number of carbonyl (C=O) groups excluding carboxylic acids is 1. The SMILES string of the molecule is CCNC(=NCc1nncn1C)NCCCN1CCCCCC1=O. The fraction of sp³-hybridized carbons (Fsp3) is 0.750. The van der Waals surface area contributed by atoms with Crippen LogP contribution in [0, 0.1) is 0 Å². The summed E-state index contributed by atoms with van der Waals surface area (Å²) < 4.78 is 1.86. The lowest BCUT2D eigenvalue weighted by Crippen LogP contribution is -2.39. The minimum Gasteiger partial charge on any atom is -0.357 e. The number of hydrogen-bond donors (Lipinski definition) is 2. The normalized spacial score (nSPS) is 16.2. The highest BCUT2D eigenvalue weighted by Gasteiger charge is 2.15. The Hall–Kier alpha value is -2.12. The summed E-state index contributed by atoms with van der Waals surface area (Å²) in [5, 5.41) is 14.4. The molecule has 0 aliphatic carbocycles. The van der Waals surface area contributed by atoms with Crippen LogP contribution in [-0.2, 0) is 18.4 Å². The van der Waals surface area contributed by atoms with Crippen molar-refractivity contribution in [2.24, 2.45) is 12.0 Å². The second kappa shape index (κ2) is 9.89. The summed E-state index contributed by atoms with van der Waals surface area (Å²) in [5.41, 5.74) is 0. The molecule has 1 aromatic heterocycles. The molecule has 8 nitrogen and oxygen atoms in total. The number of nitrogens with one attached hydrogen (secondary N) is 2. The molecule has 0 spiro atoms. The highest BCUT2D eigenvalue weighted by molar-refractivity contribution is 5.79. The molecule has 0 unspecified atom stereocenters. The van der Waals surface area contributed by atoms with Gasteiger partial charge in [-0.2, -0.15) is 0 Å². The van der Waals surface area contributed by atoms with Crippen LogP contribution >= 0.6 is 0 Å². The minimum atomic E-state index is 0.301. The van der Waals surface area contributed by atoms with E-state index in [1.807, 2.05) is 23.4 Å². The molecule has 1 amide bonds. The van der Waals surface area contributed by atoms with Crippen LogP contribution in [0.15, 0.2) is 11.3 Å². The van der Waals surface area contributed by atoms with Crippen molar-refractivity contribution in [1.82, 2.24) is 30.3 Å². The molecule has 0 bridgehead atoms. The number of amides is 1. The molecule has 1 aliphatic rings. The van der Waals surface area contributed by atoms with Gasteiger partial charge < -0.3 is 20.1 Å². The van der Waals surface area contributed by atoms with Gasteiger partial charge in [-0.15, -0.1) is 10.2 Å². The highest BCUT2D eigenvalue weighted by Crippen LogP contribution is 2.11. The maximum Gasteiger partial charge on any atom is 0.222 e. The third-order valence-corrected chi connectivity index (χ3v) is 4.10. The smallest absolute Gasteiger partial charge is 0.222 e.